The van der Waals surface area contributed by atoms with Crippen LogP contribution in [0.3, 0.4) is 0 Å². The minimum atomic E-state index is -3.80. The van der Waals surface area contributed by atoms with Gasteiger partial charge in [0.05, 0.1) is 21.3 Å². The summed E-state index contributed by atoms with van der Waals surface area (Å²) < 4.78 is 43.8. The molecule has 2 aromatic carbocycles. The van der Waals surface area contributed by atoms with Crippen LogP contribution in [0.15, 0.2) is 41.3 Å². The van der Waals surface area contributed by atoms with E-state index in [0.29, 0.717) is 36.7 Å². The molecule has 2 aromatic rings. The molecule has 0 N–H and O–H groups in total. The van der Waals surface area contributed by atoms with Crippen LogP contribution in [0.2, 0.25) is 0 Å². The number of amides is 1. The zero-order valence-corrected chi connectivity index (χ0v) is 20.6. The van der Waals surface area contributed by atoms with E-state index in [1.54, 1.807) is 51.2 Å². The lowest BCUT2D eigenvalue weighted by Crippen LogP contribution is -2.33. The Hall–Kier alpha value is -2.78. The van der Waals surface area contributed by atoms with E-state index in [2.05, 4.69) is 0 Å². The van der Waals surface area contributed by atoms with Crippen molar-refractivity contribution in [1.29, 1.82) is 0 Å². The van der Waals surface area contributed by atoms with E-state index < -0.39 is 10.0 Å². The summed E-state index contributed by atoms with van der Waals surface area (Å²) in [5.41, 5.74) is 1.16. The first-order valence-electron chi connectivity index (χ1n) is 11.0. The Morgan fingerprint density at radius 1 is 0.939 bits per heavy atom. The van der Waals surface area contributed by atoms with Crippen molar-refractivity contribution in [2.45, 2.75) is 44.2 Å². The Kier molecular flexibility index (Phi) is 7.86. The number of hydrogen-bond donors (Lipinski definition) is 0. The molecule has 1 amide bonds. The molecule has 0 aliphatic heterocycles. The molecule has 0 spiro atoms. The molecule has 0 bridgehead atoms. The van der Waals surface area contributed by atoms with Crippen molar-refractivity contribution >= 4 is 15.9 Å². The van der Waals surface area contributed by atoms with Gasteiger partial charge in [-0.2, -0.15) is 4.31 Å². The minimum Gasteiger partial charge on any atom is -0.497 e. The van der Waals surface area contributed by atoms with Crippen LogP contribution in [0.4, 0.5) is 0 Å². The fourth-order valence-electron chi connectivity index (χ4n) is 3.80. The van der Waals surface area contributed by atoms with Gasteiger partial charge >= 0.3 is 0 Å². The van der Waals surface area contributed by atoms with Gasteiger partial charge < -0.3 is 19.1 Å². The lowest BCUT2D eigenvalue weighted by Gasteiger charge is -2.25. The molecule has 0 heterocycles. The van der Waals surface area contributed by atoms with Crippen molar-refractivity contribution < 1.29 is 27.4 Å². The van der Waals surface area contributed by atoms with Gasteiger partial charge in [-0.15, -0.1) is 0 Å². The average Bonchev–Trinajstić information content (AvgIpc) is 3.67. The lowest BCUT2D eigenvalue weighted by molar-refractivity contribution is 0.0728. The molecule has 180 valence electrons. The molecule has 3 rings (SSSR count). The zero-order valence-electron chi connectivity index (χ0n) is 19.8. The second-order valence-electron chi connectivity index (χ2n) is 7.80. The summed E-state index contributed by atoms with van der Waals surface area (Å²) in [7, 11) is 0.781. The monoisotopic (exact) mass is 476 g/mol. The van der Waals surface area contributed by atoms with Gasteiger partial charge in [0, 0.05) is 42.9 Å². The van der Waals surface area contributed by atoms with Crippen molar-refractivity contribution in [1.82, 2.24) is 9.21 Å². The van der Waals surface area contributed by atoms with Crippen molar-refractivity contribution in [2.75, 3.05) is 34.4 Å². The maximum absolute atomic E-state index is 13.6. The normalized spacial score (nSPS) is 13.6. The molecule has 1 saturated carbocycles. The van der Waals surface area contributed by atoms with E-state index >= 15 is 0 Å². The van der Waals surface area contributed by atoms with Gasteiger partial charge in [0.2, 0.25) is 10.0 Å². The number of carbonyl (C=O) groups is 1. The first-order chi connectivity index (χ1) is 15.8. The molecule has 0 atom stereocenters. The smallest absolute Gasteiger partial charge is 0.254 e. The maximum Gasteiger partial charge on any atom is 0.254 e. The zero-order chi connectivity index (χ0) is 24.2. The van der Waals surface area contributed by atoms with E-state index in [1.807, 2.05) is 12.1 Å². The number of hydrogen-bond acceptors (Lipinski definition) is 6. The molecule has 0 unspecified atom stereocenters. The minimum absolute atomic E-state index is 0.00248. The molecule has 0 aromatic heterocycles. The molecule has 1 aliphatic rings. The molecule has 33 heavy (non-hydrogen) atoms. The summed E-state index contributed by atoms with van der Waals surface area (Å²) in [5, 5.41) is 0. The molecular formula is C24H32N2O6S. The molecule has 9 heteroatoms. The SMILES string of the molecule is CCN(CC)S(=O)(=O)c1cc(C(=O)N(Cc2ccc(OC)cc2OC)C2CC2)ccc1OC. The topological polar surface area (TPSA) is 85.4 Å². The van der Waals surface area contributed by atoms with Crippen LogP contribution >= 0.6 is 0 Å². The Balaban J connectivity index is 1.97. The number of sulfonamides is 1. The largest absolute Gasteiger partial charge is 0.497 e. The Labute approximate surface area is 196 Å². The molecular weight excluding hydrogens is 444 g/mol. The van der Waals surface area contributed by atoms with E-state index in [9.17, 15) is 13.2 Å². The van der Waals surface area contributed by atoms with Crippen LogP contribution in [-0.2, 0) is 16.6 Å². The predicted molar refractivity (Wildman–Crippen MR) is 126 cm³/mol. The van der Waals surface area contributed by atoms with E-state index in [4.69, 9.17) is 14.2 Å². The first-order valence-corrected chi connectivity index (χ1v) is 12.4. The molecule has 0 radical (unpaired) electrons. The van der Waals surface area contributed by atoms with Crippen LogP contribution < -0.4 is 14.2 Å². The summed E-state index contributed by atoms with van der Waals surface area (Å²) in [5.74, 6) is 1.29. The van der Waals surface area contributed by atoms with Gasteiger partial charge in [-0.1, -0.05) is 13.8 Å². The predicted octanol–water partition coefficient (Wildman–Crippen LogP) is 3.55. The van der Waals surface area contributed by atoms with Crippen LogP contribution in [-0.4, -0.2) is 64.0 Å². The third-order valence-electron chi connectivity index (χ3n) is 5.82. The second kappa shape index (κ2) is 10.4. The first kappa shape index (κ1) is 24.9. The number of nitrogens with zero attached hydrogens (tertiary/aromatic N) is 2. The fraction of sp³-hybridized carbons (Fsp3) is 0.458. The number of ether oxygens (including phenoxy) is 3. The van der Waals surface area contributed by atoms with Gasteiger partial charge in [-0.3, -0.25) is 4.79 Å². The lowest BCUT2D eigenvalue weighted by atomic mass is 10.1. The Morgan fingerprint density at radius 3 is 2.15 bits per heavy atom. The standard InChI is InChI=1S/C24H32N2O6S/c1-6-25(7-2)33(28,29)23-14-17(9-13-21(23)31-4)24(27)26(19-10-11-19)16-18-8-12-20(30-3)15-22(18)32-5/h8-9,12-15,19H,6-7,10-11,16H2,1-5H3. The quantitative estimate of drug-likeness (QED) is 0.493. The van der Waals surface area contributed by atoms with Gasteiger partial charge in [0.25, 0.3) is 5.91 Å². The van der Waals surface area contributed by atoms with Crippen molar-refractivity contribution in [2.24, 2.45) is 0 Å². The highest BCUT2D eigenvalue weighted by molar-refractivity contribution is 7.89. The maximum atomic E-state index is 13.6. The van der Waals surface area contributed by atoms with Crippen LogP contribution in [0, 0.1) is 0 Å². The summed E-state index contributed by atoms with van der Waals surface area (Å²) >= 11 is 0. The van der Waals surface area contributed by atoms with Crippen LogP contribution in [0.5, 0.6) is 17.2 Å². The van der Waals surface area contributed by atoms with Crippen LogP contribution in [0.1, 0.15) is 42.6 Å². The molecule has 1 aliphatic carbocycles. The molecule has 1 fully saturated rings. The van der Waals surface area contributed by atoms with Crippen molar-refractivity contribution in [3.05, 3.63) is 47.5 Å². The third kappa shape index (κ3) is 5.25. The van der Waals surface area contributed by atoms with E-state index in [1.165, 1.54) is 17.5 Å². The average molecular weight is 477 g/mol. The van der Waals surface area contributed by atoms with Gasteiger partial charge in [0.15, 0.2) is 0 Å². The third-order valence-corrected chi connectivity index (χ3v) is 7.89. The Bertz CT molecular complexity index is 1090. The number of benzene rings is 2. The number of carbonyl (C=O) groups excluding carboxylic acids is 1. The number of rotatable bonds is 11. The molecule has 0 saturated heterocycles. The highest BCUT2D eigenvalue weighted by atomic mass is 32.2. The second-order valence-corrected chi connectivity index (χ2v) is 9.70. The van der Waals surface area contributed by atoms with E-state index in [0.717, 1.165) is 18.4 Å². The Morgan fingerprint density at radius 2 is 1.61 bits per heavy atom. The van der Waals surface area contributed by atoms with Crippen LogP contribution in [0.25, 0.3) is 0 Å². The summed E-state index contributed by atoms with van der Waals surface area (Å²) in [6, 6.07) is 10.2. The van der Waals surface area contributed by atoms with Crippen molar-refractivity contribution in [3.63, 3.8) is 0 Å². The number of methoxy groups -OCH3 is 3. The van der Waals surface area contributed by atoms with Crippen molar-refractivity contribution in [3.8, 4) is 17.2 Å². The summed E-state index contributed by atoms with van der Waals surface area (Å²) in [6.45, 7) is 4.55. The molecule has 8 nitrogen and oxygen atoms in total. The van der Waals surface area contributed by atoms with Gasteiger partial charge in [0.1, 0.15) is 22.1 Å². The van der Waals surface area contributed by atoms with E-state index in [-0.39, 0.29) is 22.6 Å². The summed E-state index contributed by atoms with van der Waals surface area (Å²) in [6.07, 6.45) is 1.82. The highest BCUT2D eigenvalue weighted by Crippen LogP contribution is 2.34. The fourth-order valence-corrected chi connectivity index (χ4v) is 5.44. The van der Waals surface area contributed by atoms with Gasteiger partial charge in [-0.05, 0) is 43.2 Å². The summed E-state index contributed by atoms with van der Waals surface area (Å²) in [4.78, 5) is 15.3. The van der Waals surface area contributed by atoms with Gasteiger partial charge in [-0.25, -0.2) is 8.42 Å². The highest BCUT2D eigenvalue weighted by Gasteiger charge is 2.35.